The third-order valence-corrected chi connectivity index (χ3v) is 2.35. The average Bonchev–Trinajstić information content (AvgIpc) is 2.74. The van der Waals surface area contributed by atoms with E-state index >= 15 is 0 Å². The zero-order valence-corrected chi connectivity index (χ0v) is 10.8. The van der Waals surface area contributed by atoms with Crippen molar-refractivity contribution in [3.63, 3.8) is 0 Å². The summed E-state index contributed by atoms with van der Waals surface area (Å²) < 4.78 is 1.85. The van der Waals surface area contributed by atoms with E-state index in [0.717, 1.165) is 16.6 Å². The van der Waals surface area contributed by atoms with Crippen molar-refractivity contribution in [3.8, 4) is 5.69 Å². The third-order valence-electron chi connectivity index (χ3n) is 2.35. The predicted octanol–water partition coefficient (Wildman–Crippen LogP) is 2.82. The largest absolute Gasteiger partial charge is 0.264 e. The monoisotopic (exact) mass is 386 g/mol. The second kappa shape index (κ2) is 4.60. The Labute approximate surface area is 107 Å². The molecule has 0 unspecified atom stereocenters. The van der Waals surface area contributed by atoms with E-state index in [-0.39, 0.29) is 20.1 Å². The van der Waals surface area contributed by atoms with Crippen molar-refractivity contribution in [2.24, 2.45) is 0 Å². The van der Waals surface area contributed by atoms with Crippen LogP contribution in [0.25, 0.3) is 16.6 Å². The van der Waals surface area contributed by atoms with Crippen molar-refractivity contribution in [2.45, 2.75) is 0 Å². The fraction of sp³-hybridized carbons (Fsp3) is 0. The molecular weight excluding hydrogens is 376 g/mol. The molecule has 0 saturated carbocycles. The molecule has 0 spiro atoms. The van der Waals surface area contributed by atoms with Crippen LogP contribution in [0.2, 0.25) is 0 Å². The molecule has 0 aliphatic carbocycles. The first kappa shape index (κ1) is 11.1. The van der Waals surface area contributed by atoms with E-state index in [4.69, 9.17) is 0 Å². The quantitative estimate of drug-likeness (QED) is 0.589. The molecule has 0 N–H and O–H groups in total. The minimum atomic E-state index is 0. The summed E-state index contributed by atoms with van der Waals surface area (Å²) in [4.78, 5) is 0. The Bertz CT molecular complexity index is 554. The van der Waals surface area contributed by atoms with E-state index in [1.807, 2.05) is 53.3 Å². The maximum Gasteiger partial charge on any atom is 0.0926 e. The van der Waals surface area contributed by atoms with Gasteiger partial charge in [-0.15, -0.1) is 6.07 Å². The number of rotatable bonds is 1. The van der Waals surface area contributed by atoms with E-state index in [9.17, 15) is 0 Å². The van der Waals surface area contributed by atoms with E-state index in [1.165, 1.54) is 0 Å². The second-order valence-corrected chi connectivity index (χ2v) is 3.38. The Morgan fingerprint density at radius 3 is 2.56 bits per heavy atom. The predicted molar refractivity (Wildman–Crippen MR) is 59.9 cm³/mol. The standard InChI is InChI=1S/C13H9N2.Ir/c1-2-7-12(8-3-1)15-10-11-6-4-5-9-13(11)14-15;/h1-7,9-10H;/q-1;. The SMILES string of the molecule is [Ir].[c-]1ccccc1-n1cc2ccccc2n1. The molecule has 0 aliphatic heterocycles. The van der Waals surface area contributed by atoms with Crippen LogP contribution in [0.1, 0.15) is 0 Å². The van der Waals surface area contributed by atoms with Gasteiger partial charge in [-0.25, -0.2) is 0 Å². The molecule has 0 amide bonds. The van der Waals surface area contributed by atoms with Crippen molar-refractivity contribution in [3.05, 3.63) is 60.8 Å². The molecule has 2 nitrogen and oxygen atoms in total. The molecule has 3 aromatic rings. The third kappa shape index (κ3) is 1.92. The summed E-state index contributed by atoms with van der Waals surface area (Å²) >= 11 is 0. The van der Waals surface area contributed by atoms with Gasteiger partial charge in [-0.1, -0.05) is 18.2 Å². The van der Waals surface area contributed by atoms with Gasteiger partial charge in [-0.05, 0) is 11.8 Å². The molecule has 3 heteroatoms. The number of benzene rings is 2. The first-order chi connectivity index (χ1) is 7.43. The fourth-order valence-electron chi connectivity index (χ4n) is 1.61. The van der Waals surface area contributed by atoms with E-state index in [2.05, 4.69) is 17.2 Å². The summed E-state index contributed by atoms with van der Waals surface area (Å²) in [6, 6.07) is 19.0. The van der Waals surface area contributed by atoms with Gasteiger partial charge in [0.1, 0.15) is 0 Å². The first-order valence-corrected chi connectivity index (χ1v) is 4.85. The van der Waals surface area contributed by atoms with Gasteiger partial charge in [-0.3, -0.25) is 4.68 Å². The normalized spacial score (nSPS) is 10.0. The van der Waals surface area contributed by atoms with Gasteiger partial charge in [0, 0.05) is 31.7 Å². The molecule has 0 atom stereocenters. The molecule has 3 rings (SSSR count). The molecular formula is C13H9IrN2-. The topological polar surface area (TPSA) is 17.8 Å². The molecule has 0 aliphatic rings. The molecule has 81 valence electrons. The molecule has 1 radical (unpaired) electrons. The van der Waals surface area contributed by atoms with Gasteiger partial charge in [0.2, 0.25) is 0 Å². The molecule has 0 bridgehead atoms. The molecule has 0 saturated heterocycles. The van der Waals surface area contributed by atoms with Crippen LogP contribution in [0.15, 0.2) is 54.7 Å². The Balaban J connectivity index is 0.000000963. The van der Waals surface area contributed by atoms with Gasteiger partial charge in [-0.2, -0.15) is 29.4 Å². The molecule has 16 heavy (non-hydrogen) atoms. The Morgan fingerprint density at radius 1 is 1.00 bits per heavy atom. The Kier molecular flexibility index (Phi) is 3.18. The maximum atomic E-state index is 4.47. The average molecular weight is 385 g/mol. The van der Waals surface area contributed by atoms with Gasteiger partial charge in [0.05, 0.1) is 5.52 Å². The summed E-state index contributed by atoms with van der Waals surface area (Å²) in [5.41, 5.74) is 1.98. The van der Waals surface area contributed by atoms with Gasteiger partial charge in [0.15, 0.2) is 0 Å². The Hall–Kier alpha value is -1.44. The van der Waals surface area contributed by atoms with Crippen molar-refractivity contribution < 1.29 is 20.1 Å². The van der Waals surface area contributed by atoms with Crippen LogP contribution in [-0.4, -0.2) is 9.78 Å². The summed E-state index contributed by atoms with van der Waals surface area (Å²) in [6.07, 6.45) is 2.02. The van der Waals surface area contributed by atoms with Crippen molar-refractivity contribution in [2.75, 3.05) is 0 Å². The summed E-state index contributed by atoms with van der Waals surface area (Å²) in [7, 11) is 0. The van der Waals surface area contributed by atoms with Crippen molar-refractivity contribution >= 4 is 10.9 Å². The minimum Gasteiger partial charge on any atom is -0.264 e. The Morgan fingerprint density at radius 2 is 1.81 bits per heavy atom. The van der Waals surface area contributed by atoms with Crippen LogP contribution in [0, 0.1) is 6.07 Å². The summed E-state index contributed by atoms with van der Waals surface area (Å²) in [5, 5.41) is 5.62. The number of hydrogen-bond acceptors (Lipinski definition) is 1. The number of nitrogens with zero attached hydrogens (tertiary/aromatic N) is 2. The van der Waals surface area contributed by atoms with Gasteiger partial charge < -0.3 is 0 Å². The van der Waals surface area contributed by atoms with Crippen molar-refractivity contribution in [1.82, 2.24) is 9.78 Å². The van der Waals surface area contributed by atoms with E-state index in [1.54, 1.807) is 0 Å². The number of para-hydroxylation sites is 1. The van der Waals surface area contributed by atoms with Crippen LogP contribution in [0.4, 0.5) is 0 Å². The number of aromatic nitrogens is 2. The smallest absolute Gasteiger partial charge is 0.0926 e. The van der Waals surface area contributed by atoms with Crippen LogP contribution >= 0.6 is 0 Å². The summed E-state index contributed by atoms with van der Waals surface area (Å²) in [5.74, 6) is 0. The van der Waals surface area contributed by atoms with E-state index in [0.29, 0.717) is 0 Å². The molecule has 1 aromatic heterocycles. The van der Waals surface area contributed by atoms with Gasteiger partial charge in [0.25, 0.3) is 0 Å². The zero-order valence-electron chi connectivity index (χ0n) is 8.42. The maximum absolute atomic E-state index is 4.47. The number of hydrogen-bond donors (Lipinski definition) is 0. The summed E-state index contributed by atoms with van der Waals surface area (Å²) in [6.45, 7) is 0. The number of fused-ring (bicyclic) bond motifs is 1. The second-order valence-electron chi connectivity index (χ2n) is 3.38. The first-order valence-electron chi connectivity index (χ1n) is 4.85. The van der Waals surface area contributed by atoms with Crippen LogP contribution < -0.4 is 0 Å². The zero-order chi connectivity index (χ0) is 10.1. The van der Waals surface area contributed by atoms with Crippen LogP contribution in [0.3, 0.4) is 0 Å². The van der Waals surface area contributed by atoms with Crippen LogP contribution in [-0.2, 0) is 20.1 Å². The molecule has 1 heterocycles. The molecule has 0 fully saturated rings. The van der Waals surface area contributed by atoms with E-state index < -0.39 is 0 Å². The minimum absolute atomic E-state index is 0. The van der Waals surface area contributed by atoms with Crippen molar-refractivity contribution in [1.29, 1.82) is 0 Å². The fourth-order valence-corrected chi connectivity index (χ4v) is 1.61. The van der Waals surface area contributed by atoms with Crippen LogP contribution in [0.5, 0.6) is 0 Å². The molecule has 2 aromatic carbocycles. The van der Waals surface area contributed by atoms with Gasteiger partial charge >= 0.3 is 0 Å².